The van der Waals surface area contributed by atoms with Crippen molar-refractivity contribution in [2.75, 3.05) is 6.61 Å². The molecule has 1 aromatic heterocycles. The molecule has 0 aliphatic heterocycles. The number of hydrogen-bond acceptors (Lipinski definition) is 5. The van der Waals surface area contributed by atoms with Crippen LogP contribution in [0.3, 0.4) is 0 Å². The molecule has 0 aromatic carbocycles. The molecule has 0 radical (unpaired) electrons. The summed E-state index contributed by atoms with van der Waals surface area (Å²) in [5.41, 5.74) is -1.35. The standard InChI is InChI=1S/C10H15BrN2O5/c1-2-6(3-4-14)18-10(17)13-5-7(11)8(15)12-9(13)16/h5-6,10,14,17H,2-4H2,1H3,(H,12,15,16)/t6?,10-/m0/s1. The molecule has 0 bridgehead atoms. The summed E-state index contributed by atoms with van der Waals surface area (Å²) in [5, 5.41) is 18.6. The van der Waals surface area contributed by atoms with E-state index in [1.807, 2.05) is 11.9 Å². The molecular weight excluding hydrogens is 308 g/mol. The fourth-order valence-corrected chi connectivity index (χ4v) is 1.69. The molecule has 1 unspecified atom stereocenters. The van der Waals surface area contributed by atoms with E-state index in [1.165, 1.54) is 0 Å². The number of halogens is 1. The molecule has 0 saturated heterocycles. The highest BCUT2D eigenvalue weighted by Crippen LogP contribution is 2.12. The molecule has 8 heteroatoms. The number of aromatic nitrogens is 2. The zero-order valence-corrected chi connectivity index (χ0v) is 11.4. The summed E-state index contributed by atoms with van der Waals surface area (Å²) in [7, 11) is 0. The van der Waals surface area contributed by atoms with Gasteiger partial charge in [-0.1, -0.05) is 6.92 Å². The Morgan fingerprint density at radius 2 is 2.22 bits per heavy atom. The van der Waals surface area contributed by atoms with Crippen LogP contribution in [0, 0.1) is 0 Å². The number of nitrogens with one attached hydrogen (secondary N) is 1. The third-order valence-corrected chi connectivity index (χ3v) is 2.95. The molecule has 0 amide bonds. The van der Waals surface area contributed by atoms with Crippen LogP contribution in [0.4, 0.5) is 0 Å². The Hall–Kier alpha value is -0.960. The Kier molecular flexibility index (Phi) is 5.73. The molecule has 1 aromatic rings. The average Bonchev–Trinajstić information content (AvgIpc) is 2.33. The van der Waals surface area contributed by atoms with Gasteiger partial charge >= 0.3 is 5.69 Å². The SMILES string of the molecule is CCC(CCO)O[C@H](O)n1cc(Br)c(=O)[nH]c1=O. The van der Waals surface area contributed by atoms with Crippen molar-refractivity contribution in [3.8, 4) is 0 Å². The van der Waals surface area contributed by atoms with E-state index in [0.29, 0.717) is 12.8 Å². The first kappa shape index (κ1) is 15.1. The smallest absolute Gasteiger partial charge is 0.332 e. The average molecular weight is 323 g/mol. The van der Waals surface area contributed by atoms with Crippen molar-refractivity contribution in [2.45, 2.75) is 32.3 Å². The Bertz CT molecular complexity index is 498. The lowest BCUT2D eigenvalue weighted by atomic mass is 10.2. The van der Waals surface area contributed by atoms with Gasteiger partial charge in [0.05, 0.1) is 10.6 Å². The van der Waals surface area contributed by atoms with Gasteiger partial charge in [-0.25, -0.2) is 9.36 Å². The zero-order chi connectivity index (χ0) is 13.7. The maximum atomic E-state index is 11.5. The minimum atomic E-state index is -1.51. The molecule has 1 rings (SSSR count). The molecular formula is C10H15BrN2O5. The fourth-order valence-electron chi connectivity index (χ4n) is 1.37. The van der Waals surface area contributed by atoms with E-state index in [9.17, 15) is 14.7 Å². The monoisotopic (exact) mass is 322 g/mol. The Balaban J connectivity index is 2.90. The number of hydrogen-bond donors (Lipinski definition) is 3. The van der Waals surface area contributed by atoms with Crippen LogP contribution >= 0.6 is 15.9 Å². The highest BCUT2D eigenvalue weighted by Gasteiger charge is 2.16. The van der Waals surface area contributed by atoms with Crippen LogP contribution in [0.25, 0.3) is 0 Å². The molecule has 0 aliphatic rings. The van der Waals surface area contributed by atoms with Crippen molar-refractivity contribution in [2.24, 2.45) is 0 Å². The Morgan fingerprint density at radius 1 is 1.56 bits per heavy atom. The van der Waals surface area contributed by atoms with Gasteiger partial charge in [0.25, 0.3) is 5.56 Å². The predicted molar refractivity (Wildman–Crippen MR) is 67.1 cm³/mol. The summed E-state index contributed by atoms with van der Waals surface area (Å²) in [5.74, 6) is 0. The van der Waals surface area contributed by atoms with E-state index >= 15 is 0 Å². The second kappa shape index (κ2) is 6.83. The normalized spacial score (nSPS) is 14.4. The van der Waals surface area contributed by atoms with E-state index in [1.54, 1.807) is 0 Å². The summed E-state index contributed by atoms with van der Waals surface area (Å²) >= 11 is 2.95. The van der Waals surface area contributed by atoms with E-state index in [0.717, 1.165) is 10.8 Å². The van der Waals surface area contributed by atoms with Gasteiger partial charge in [0, 0.05) is 12.8 Å². The number of aromatic amines is 1. The number of nitrogens with zero attached hydrogens (tertiary/aromatic N) is 1. The topological polar surface area (TPSA) is 105 Å². The number of H-pyrrole nitrogens is 1. The van der Waals surface area contributed by atoms with Crippen LogP contribution in [0.15, 0.2) is 20.3 Å². The predicted octanol–water partition coefficient (Wildman–Crippen LogP) is -0.0749. The Morgan fingerprint density at radius 3 is 2.78 bits per heavy atom. The molecule has 2 atom stereocenters. The van der Waals surface area contributed by atoms with E-state index in [4.69, 9.17) is 9.84 Å². The minimum absolute atomic E-state index is 0.0740. The zero-order valence-electron chi connectivity index (χ0n) is 9.80. The summed E-state index contributed by atoms with van der Waals surface area (Å²) in [6, 6.07) is 0. The lowest BCUT2D eigenvalue weighted by molar-refractivity contribution is -0.189. The van der Waals surface area contributed by atoms with Gasteiger partial charge in [-0.05, 0) is 28.8 Å². The second-order valence-corrected chi connectivity index (χ2v) is 4.50. The first-order valence-corrected chi connectivity index (χ1v) is 6.24. The summed E-state index contributed by atoms with van der Waals surface area (Å²) in [6.45, 7) is 1.76. The summed E-state index contributed by atoms with van der Waals surface area (Å²) < 4.78 is 6.18. The lowest BCUT2D eigenvalue weighted by Crippen LogP contribution is -2.34. The summed E-state index contributed by atoms with van der Waals surface area (Å²) in [6.07, 6.45) is 0.200. The third-order valence-electron chi connectivity index (χ3n) is 2.38. The van der Waals surface area contributed by atoms with Crippen molar-refractivity contribution in [1.82, 2.24) is 9.55 Å². The van der Waals surface area contributed by atoms with Crippen LogP contribution in [-0.4, -0.2) is 32.5 Å². The second-order valence-electron chi connectivity index (χ2n) is 3.65. The number of aliphatic hydroxyl groups is 2. The van der Waals surface area contributed by atoms with Gasteiger partial charge < -0.3 is 14.9 Å². The summed E-state index contributed by atoms with van der Waals surface area (Å²) in [4.78, 5) is 24.6. The van der Waals surface area contributed by atoms with Crippen LogP contribution in [0.1, 0.15) is 26.2 Å². The van der Waals surface area contributed by atoms with Crippen molar-refractivity contribution in [1.29, 1.82) is 0 Å². The number of rotatable bonds is 6. The van der Waals surface area contributed by atoms with Gasteiger partial charge in [0.2, 0.25) is 6.41 Å². The molecule has 18 heavy (non-hydrogen) atoms. The van der Waals surface area contributed by atoms with Crippen LogP contribution in [0.5, 0.6) is 0 Å². The maximum absolute atomic E-state index is 11.5. The third kappa shape index (κ3) is 3.77. The molecule has 102 valence electrons. The van der Waals surface area contributed by atoms with Gasteiger partial charge in [0.15, 0.2) is 0 Å². The van der Waals surface area contributed by atoms with Crippen molar-refractivity contribution in [3.63, 3.8) is 0 Å². The van der Waals surface area contributed by atoms with Gasteiger partial charge in [-0.15, -0.1) is 0 Å². The number of ether oxygens (including phenoxy) is 1. The van der Waals surface area contributed by atoms with Gasteiger partial charge in [0.1, 0.15) is 0 Å². The quantitative estimate of drug-likeness (QED) is 0.636. The highest BCUT2D eigenvalue weighted by atomic mass is 79.9. The molecule has 0 fully saturated rings. The largest absolute Gasteiger partial charge is 0.396 e. The first-order valence-electron chi connectivity index (χ1n) is 5.45. The minimum Gasteiger partial charge on any atom is -0.396 e. The van der Waals surface area contributed by atoms with E-state index in [-0.39, 0.29) is 17.2 Å². The van der Waals surface area contributed by atoms with Gasteiger partial charge in [-0.2, -0.15) is 0 Å². The molecule has 0 aliphatic carbocycles. The molecule has 7 nitrogen and oxygen atoms in total. The maximum Gasteiger partial charge on any atom is 0.332 e. The van der Waals surface area contributed by atoms with Crippen molar-refractivity contribution >= 4 is 15.9 Å². The van der Waals surface area contributed by atoms with Crippen LogP contribution in [0.2, 0.25) is 0 Å². The van der Waals surface area contributed by atoms with Crippen LogP contribution < -0.4 is 11.2 Å². The Labute approximate surface area is 111 Å². The van der Waals surface area contributed by atoms with Crippen molar-refractivity contribution < 1.29 is 14.9 Å². The van der Waals surface area contributed by atoms with E-state index < -0.39 is 17.7 Å². The van der Waals surface area contributed by atoms with Crippen LogP contribution in [-0.2, 0) is 4.74 Å². The van der Waals surface area contributed by atoms with E-state index in [2.05, 4.69) is 15.9 Å². The molecule has 3 N–H and O–H groups in total. The highest BCUT2D eigenvalue weighted by molar-refractivity contribution is 9.10. The molecule has 1 heterocycles. The van der Waals surface area contributed by atoms with Gasteiger partial charge in [-0.3, -0.25) is 9.78 Å². The number of aliphatic hydroxyl groups excluding tert-OH is 2. The fraction of sp³-hybridized carbons (Fsp3) is 0.600. The molecule has 0 saturated carbocycles. The van der Waals surface area contributed by atoms with Crippen molar-refractivity contribution in [3.05, 3.63) is 31.5 Å². The molecule has 0 spiro atoms. The first-order chi connectivity index (χ1) is 8.49. The lowest BCUT2D eigenvalue weighted by Gasteiger charge is -2.20.